The molecule has 0 saturated carbocycles. The zero-order chi connectivity index (χ0) is 13.5. The molecular formula is C13H15ClFNO2. The molecule has 0 amide bonds. The van der Waals surface area contributed by atoms with Crippen molar-refractivity contribution in [2.24, 2.45) is 5.41 Å². The molecule has 3 nitrogen and oxygen atoms in total. The molecule has 1 saturated heterocycles. The number of carboxylic acid groups (broad SMARTS) is 1. The van der Waals surface area contributed by atoms with E-state index in [0.717, 1.165) is 0 Å². The van der Waals surface area contributed by atoms with Gasteiger partial charge in [0.25, 0.3) is 0 Å². The average Bonchev–Trinajstić information content (AvgIpc) is 2.59. The van der Waals surface area contributed by atoms with Crippen molar-refractivity contribution >= 4 is 23.3 Å². The Morgan fingerprint density at radius 2 is 2.22 bits per heavy atom. The van der Waals surface area contributed by atoms with Crippen LogP contribution in [0.2, 0.25) is 5.02 Å². The minimum absolute atomic E-state index is 0.0151. The van der Waals surface area contributed by atoms with E-state index in [4.69, 9.17) is 11.6 Å². The minimum atomic E-state index is -0.860. The Hall–Kier alpha value is -1.29. The summed E-state index contributed by atoms with van der Waals surface area (Å²) in [5, 5.41) is 9.27. The second-order valence-corrected chi connectivity index (χ2v) is 5.86. The van der Waals surface area contributed by atoms with Gasteiger partial charge in [0.1, 0.15) is 11.9 Å². The Morgan fingerprint density at radius 3 is 2.78 bits per heavy atom. The van der Waals surface area contributed by atoms with Gasteiger partial charge in [-0.2, -0.15) is 0 Å². The molecular weight excluding hydrogens is 257 g/mol. The van der Waals surface area contributed by atoms with Crippen molar-refractivity contribution < 1.29 is 14.3 Å². The lowest BCUT2D eigenvalue weighted by Crippen LogP contribution is -2.36. The number of nitrogens with zero attached hydrogens (tertiary/aromatic N) is 1. The maximum absolute atomic E-state index is 13.1. The van der Waals surface area contributed by atoms with Crippen molar-refractivity contribution in [1.29, 1.82) is 0 Å². The number of benzene rings is 1. The Morgan fingerprint density at radius 1 is 1.56 bits per heavy atom. The molecule has 1 atom stereocenters. The van der Waals surface area contributed by atoms with Gasteiger partial charge in [0, 0.05) is 12.2 Å². The fraction of sp³-hybridized carbons (Fsp3) is 0.462. The average molecular weight is 272 g/mol. The molecule has 1 fully saturated rings. The van der Waals surface area contributed by atoms with Gasteiger partial charge in [-0.3, -0.25) is 0 Å². The van der Waals surface area contributed by atoms with E-state index in [1.165, 1.54) is 12.1 Å². The Labute approximate surface area is 110 Å². The first kappa shape index (κ1) is 13.1. The molecule has 1 N–H and O–H groups in total. The molecule has 0 aromatic heterocycles. The third-order valence-electron chi connectivity index (χ3n) is 3.24. The van der Waals surface area contributed by atoms with Gasteiger partial charge >= 0.3 is 5.97 Å². The van der Waals surface area contributed by atoms with Crippen LogP contribution in [0.3, 0.4) is 0 Å². The highest BCUT2D eigenvalue weighted by atomic mass is 35.5. The van der Waals surface area contributed by atoms with Crippen molar-refractivity contribution in [3.63, 3.8) is 0 Å². The first-order chi connectivity index (χ1) is 8.30. The summed E-state index contributed by atoms with van der Waals surface area (Å²) in [6, 6.07) is 3.73. The summed E-state index contributed by atoms with van der Waals surface area (Å²) in [5.74, 6) is -1.35. The number of hydrogen-bond donors (Lipinski definition) is 1. The number of carbonyl (C=O) groups is 1. The molecule has 98 valence electrons. The molecule has 0 bridgehead atoms. The van der Waals surface area contributed by atoms with Crippen LogP contribution in [0.5, 0.6) is 0 Å². The molecule has 5 heteroatoms. The molecule has 18 heavy (non-hydrogen) atoms. The van der Waals surface area contributed by atoms with E-state index >= 15 is 0 Å². The maximum Gasteiger partial charge on any atom is 0.326 e. The highest BCUT2D eigenvalue weighted by molar-refractivity contribution is 6.31. The monoisotopic (exact) mass is 271 g/mol. The van der Waals surface area contributed by atoms with Crippen molar-refractivity contribution in [3.05, 3.63) is 29.0 Å². The predicted molar refractivity (Wildman–Crippen MR) is 68.6 cm³/mol. The Bertz CT molecular complexity index is 490. The highest BCUT2D eigenvalue weighted by Crippen LogP contribution is 2.38. The normalized spacial score (nSPS) is 22.2. The van der Waals surface area contributed by atoms with Gasteiger partial charge in [-0.25, -0.2) is 9.18 Å². The zero-order valence-electron chi connectivity index (χ0n) is 10.3. The number of rotatable bonds is 2. The fourth-order valence-corrected chi connectivity index (χ4v) is 2.60. The number of carboxylic acids is 1. The SMILES string of the molecule is CC1(C)CC(C(=O)O)N(c2ccc(F)c(Cl)c2)C1. The topological polar surface area (TPSA) is 40.5 Å². The van der Waals surface area contributed by atoms with E-state index in [1.54, 1.807) is 11.0 Å². The molecule has 1 heterocycles. The van der Waals surface area contributed by atoms with Crippen molar-refractivity contribution in [2.75, 3.05) is 11.4 Å². The lowest BCUT2D eigenvalue weighted by Gasteiger charge is -2.24. The van der Waals surface area contributed by atoms with Crippen molar-refractivity contribution in [2.45, 2.75) is 26.3 Å². The largest absolute Gasteiger partial charge is 0.480 e. The summed E-state index contributed by atoms with van der Waals surface area (Å²) in [7, 11) is 0. The number of aliphatic carboxylic acids is 1. The molecule has 0 radical (unpaired) electrons. The van der Waals surface area contributed by atoms with Crippen LogP contribution in [-0.2, 0) is 4.79 Å². The van der Waals surface area contributed by atoms with Crippen LogP contribution in [0.4, 0.5) is 10.1 Å². The standard InChI is InChI=1S/C13H15ClFNO2/c1-13(2)6-11(12(17)18)16(7-13)8-3-4-10(15)9(14)5-8/h3-5,11H,6-7H2,1-2H3,(H,17,18). The molecule has 1 aliphatic heterocycles. The van der Waals surface area contributed by atoms with Gasteiger partial charge in [0.05, 0.1) is 5.02 Å². The van der Waals surface area contributed by atoms with E-state index in [9.17, 15) is 14.3 Å². The van der Waals surface area contributed by atoms with E-state index in [2.05, 4.69) is 0 Å². The number of anilines is 1. The van der Waals surface area contributed by atoms with Crippen LogP contribution in [-0.4, -0.2) is 23.7 Å². The zero-order valence-corrected chi connectivity index (χ0v) is 11.0. The van der Waals surface area contributed by atoms with Gasteiger partial charge < -0.3 is 10.0 Å². The molecule has 1 aromatic carbocycles. The van der Waals surface area contributed by atoms with Crippen LogP contribution in [0, 0.1) is 11.2 Å². The fourth-order valence-electron chi connectivity index (χ4n) is 2.43. The van der Waals surface area contributed by atoms with Crippen LogP contribution in [0.25, 0.3) is 0 Å². The third-order valence-corrected chi connectivity index (χ3v) is 3.53. The molecule has 2 rings (SSSR count). The molecule has 1 aliphatic rings. The summed E-state index contributed by atoms with van der Waals surface area (Å²) in [6.07, 6.45) is 0.567. The van der Waals surface area contributed by atoms with E-state index in [-0.39, 0.29) is 10.4 Å². The lowest BCUT2D eigenvalue weighted by atomic mass is 9.91. The Kier molecular flexibility index (Phi) is 3.23. The van der Waals surface area contributed by atoms with Gasteiger partial charge in [-0.15, -0.1) is 0 Å². The van der Waals surface area contributed by atoms with Crippen LogP contribution >= 0.6 is 11.6 Å². The number of hydrogen-bond acceptors (Lipinski definition) is 2. The molecule has 0 aliphatic carbocycles. The second kappa shape index (κ2) is 4.43. The van der Waals surface area contributed by atoms with Crippen LogP contribution < -0.4 is 4.90 Å². The lowest BCUT2D eigenvalue weighted by molar-refractivity contribution is -0.138. The minimum Gasteiger partial charge on any atom is -0.480 e. The third kappa shape index (κ3) is 2.43. The first-order valence-electron chi connectivity index (χ1n) is 5.75. The first-order valence-corrected chi connectivity index (χ1v) is 6.12. The maximum atomic E-state index is 13.1. The highest BCUT2D eigenvalue weighted by Gasteiger charge is 2.41. The molecule has 1 unspecified atom stereocenters. The second-order valence-electron chi connectivity index (χ2n) is 5.45. The van der Waals surface area contributed by atoms with Crippen LogP contribution in [0.15, 0.2) is 18.2 Å². The van der Waals surface area contributed by atoms with E-state index in [1.807, 2.05) is 13.8 Å². The summed E-state index contributed by atoms with van der Waals surface area (Å²) in [6.45, 7) is 4.66. The van der Waals surface area contributed by atoms with Crippen LogP contribution in [0.1, 0.15) is 20.3 Å². The Balaban J connectivity index is 2.36. The van der Waals surface area contributed by atoms with Gasteiger partial charge in [0.2, 0.25) is 0 Å². The van der Waals surface area contributed by atoms with E-state index in [0.29, 0.717) is 18.7 Å². The van der Waals surface area contributed by atoms with Crippen molar-refractivity contribution in [1.82, 2.24) is 0 Å². The summed E-state index contributed by atoms with van der Waals surface area (Å²) in [4.78, 5) is 13.0. The van der Waals surface area contributed by atoms with Gasteiger partial charge in [-0.05, 0) is 30.0 Å². The predicted octanol–water partition coefficient (Wildman–Crippen LogP) is 3.17. The van der Waals surface area contributed by atoms with Gasteiger partial charge in [-0.1, -0.05) is 25.4 Å². The summed E-state index contributed by atoms with van der Waals surface area (Å²) in [5.41, 5.74) is 0.573. The molecule has 1 aromatic rings. The van der Waals surface area contributed by atoms with E-state index < -0.39 is 17.8 Å². The molecule has 0 spiro atoms. The summed E-state index contributed by atoms with van der Waals surface area (Å²) < 4.78 is 13.1. The number of halogens is 2. The smallest absolute Gasteiger partial charge is 0.326 e. The summed E-state index contributed by atoms with van der Waals surface area (Å²) >= 11 is 5.74. The van der Waals surface area contributed by atoms with Gasteiger partial charge in [0.15, 0.2) is 0 Å². The van der Waals surface area contributed by atoms with Crippen molar-refractivity contribution in [3.8, 4) is 0 Å². The quantitative estimate of drug-likeness (QED) is 0.898.